The van der Waals surface area contributed by atoms with Crippen LogP contribution in [-0.4, -0.2) is 35.4 Å². The summed E-state index contributed by atoms with van der Waals surface area (Å²) in [6.07, 6.45) is 0.301. The van der Waals surface area contributed by atoms with Crippen LogP contribution in [0.4, 0.5) is 0 Å². The van der Waals surface area contributed by atoms with Gasteiger partial charge in [-0.15, -0.1) is 0 Å². The normalized spacial score (nSPS) is 22.4. The molecule has 0 aliphatic carbocycles. The number of hydrogen-bond acceptors (Lipinski definition) is 3. The van der Waals surface area contributed by atoms with Crippen molar-refractivity contribution in [3.8, 4) is 0 Å². The molecular weight excluding hydrogens is 232 g/mol. The molecule has 1 heterocycles. The second-order valence-corrected chi connectivity index (χ2v) is 5.84. The molecule has 0 spiro atoms. The Morgan fingerprint density at radius 1 is 1.47 bits per heavy atom. The van der Waals surface area contributed by atoms with Crippen LogP contribution in [0.15, 0.2) is 18.2 Å². The largest absolute Gasteiger partial charge is 0.390 e. The van der Waals surface area contributed by atoms with E-state index in [1.54, 1.807) is 0 Å². The van der Waals surface area contributed by atoms with Gasteiger partial charge >= 0.3 is 0 Å². The number of aliphatic hydroxyl groups is 1. The molecule has 1 aliphatic rings. The number of aliphatic hydroxyl groups excluding tert-OH is 1. The second kappa shape index (κ2) is 5.89. The van der Waals surface area contributed by atoms with Gasteiger partial charge in [0.25, 0.3) is 0 Å². The highest BCUT2D eigenvalue weighted by Crippen LogP contribution is 2.20. The van der Waals surface area contributed by atoms with Crippen LogP contribution >= 0.6 is 11.8 Å². The number of thioether (sulfide) groups is 1. The Morgan fingerprint density at radius 3 is 3.00 bits per heavy atom. The van der Waals surface area contributed by atoms with E-state index in [1.807, 2.05) is 11.8 Å². The number of aryl methyl sites for hydroxylation is 2. The monoisotopic (exact) mass is 252 g/mol. The van der Waals surface area contributed by atoms with Crippen LogP contribution in [-0.2, 0) is 11.2 Å². The highest BCUT2D eigenvalue weighted by molar-refractivity contribution is 7.99. The van der Waals surface area contributed by atoms with Crippen LogP contribution in [0, 0.1) is 13.8 Å². The van der Waals surface area contributed by atoms with Gasteiger partial charge < -0.3 is 9.84 Å². The number of hydrogen-bond donors (Lipinski definition) is 1. The molecule has 0 saturated carbocycles. The lowest BCUT2D eigenvalue weighted by Gasteiger charge is -2.27. The van der Waals surface area contributed by atoms with Crippen molar-refractivity contribution in [2.45, 2.75) is 32.5 Å². The molecule has 2 rings (SSSR count). The quantitative estimate of drug-likeness (QED) is 0.895. The number of ether oxygens (including phenoxy) is 1. The first-order valence-electron chi connectivity index (χ1n) is 6.10. The second-order valence-electron chi connectivity index (χ2n) is 4.69. The minimum absolute atomic E-state index is 0.00587. The summed E-state index contributed by atoms with van der Waals surface area (Å²) >= 11 is 1.86. The average molecular weight is 252 g/mol. The molecule has 3 heteroatoms. The molecule has 94 valence electrons. The minimum atomic E-state index is -0.386. The summed E-state index contributed by atoms with van der Waals surface area (Å²) in [5.41, 5.74) is 3.73. The smallest absolute Gasteiger partial charge is 0.0927 e. The zero-order valence-corrected chi connectivity index (χ0v) is 11.3. The molecule has 1 fully saturated rings. The molecule has 0 radical (unpaired) electrons. The maximum absolute atomic E-state index is 10.2. The Labute approximate surface area is 107 Å². The minimum Gasteiger partial charge on any atom is -0.390 e. The van der Waals surface area contributed by atoms with Crippen LogP contribution < -0.4 is 0 Å². The van der Waals surface area contributed by atoms with Crippen molar-refractivity contribution in [1.82, 2.24) is 0 Å². The topological polar surface area (TPSA) is 29.5 Å². The van der Waals surface area contributed by atoms with E-state index in [0.717, 1.165) is 18.1 Å². The maximum atomic E-state index is 10.2. The van der Waals surface area contributed by atoms with E-state index < -0.39 is 0 Å². The third-order valence-electron chi connectivity index (χ3n) is 3.20. The molecule has 0 aromatic heterocycles. The first kappa shape index (κ1) is 12.9. The molecule has 0 bridgehead atoms. The lowest BCUT2D eigenvalue weighted by Crippen LogP contribution is -2.36. The van der Waals surface area contributed by atoms with Crippen molar-refractivity contribution >= 4 is 11.8 Å². The molecule has 17 heavy (non-hydrogen) atoms. The Hall–Kier alpha value is -0.510. The number of benzene rings is 1. The molecule has 1 aliphatic heterocycles. The van der Waals surface area contributed by atoms with Crippen LogP contribution in [0.3, 0.4) is 0 Å². The third-order valence-corrected chi connectivity index (χ3v) is 4.22. The SMILES string of the molecule is Cc1ccc(C)c(CC(O)C2CSCCO2)c1. The van der Waals surface area contributed by atoms with Gasteiger partial charge in [-0.1, -0.05) is 23.8 Å². The number of rotatable bonds is 3. The molecule has 2 unspecified atom stereocenters. The van der Waals surface area contributed by atoms with E-state index in [2.05, 4.69) is 32.0 Å². The summed E-state index contributed by atoms with van der Waals surface area (Å²) in [6.45, 7) is 4.94. The molecule has 0 amide bonds. The van der Waals surface area contributed by atoms with Gasteiger partial charge in [-0.2, -0.15) is 11.8 Å². The van der Waals surface area contributed by atoms with Crippen LogP contribution in [0.1, 0.15) is 16.7 Å². The summed E-state index contributed by atoms with van der Waals surface area (Å²) < 4.78 is 5.61. The Morgan fingerprint density at radius 2 is 2.29 bits per heavy atom. The van der Waals surface area contributed by atoms with E-state index in [9.17, 15) is 5.11 Å². The first-order valence-corrected chi connectivity index (χ1v) is 7.26. The first-order chi connectivity index (χ1) is 8.16. The van der Waals surface area contributed by atoms with Crippen LogP contribution in [0.5, 0.6) is 0 Å². The Bertz CT molecular complexity index is 372. The van der Waals surface area contributed by atoms with Crippen molar-refractivity contribution in [3.63, 3.8) is 0 Å². The molecule has 2 nitrogen and oxygen atoms in total. The van der Waals surface area contributed by atoms with Gasteiger partial charge in [-0.25, -0.2) is 0 Å². The summed E-state index contributed by atoms with van der Waals surface area (Å²) in [5.74, 6) is 1.96. The molecule has 1 aromatic carbocycles. The van der Waals surface area contributed by atoms with Crippen molar-refractivity contribution in [3.05, 3.63) is 34.9 Å². The molecule has 1 saturated heterocycles. The average Bonchev–Trinajstić information content (AvgIpc) is 2.35. The summed E-state index contributed by atoms with van der Waals surface area (Å²) in [4.78, 5) is 0. The van der Waals surface area contributed by atoms with Crippen molar-refractivity contribution in [2.24, 2.45) is 0 Å². The molecule has 1 N–H and O–H groups in total. The summed E-state index contributed by atoms with van der Waals surface area (Å²) in [5, 5.41) is 10.2. The van der Waals surface area contributed by atoms with Gasteiger partial charge in [-0.3, -0.25) is 0 Å². The summed E-state index contributed by atoms with van der Waals surface area (Å²) in [6, 6.07) is 6.39. The maximum Gasteiger partial charge on any atom is 0.0927 e. The fourth-order valence-corrected chi connectivity index (χ4v) is 3.04. The predicted molar refractivity (Wildman–Crippen MR) is 72.7 cm³/mol. The standard InChI is InChI=1S/C14H20O2S/c1-10-3-4-11(2)12(7-10)8-13(15)14-9-17-6-5-16-14/h3-4,7,13-15H,5-6,8-9H2,1-2H3. The van der Waals surface area contributed by atoms with E-state index in [-0.39, 0.29) is 12.2 Å². The molecule has 1 aromatic rings. The van der Waals surface area contributed by atoms with Crippen LogP contribution in [0.25, 0.3) is 0 Å². The van der Waals surface area contributed by atoms with Crippen molar-refractivity contribution in [1.29, 1.82) is 0 Å². The Kier molecular flexibility index (Phi) is 4.48. The zero-order valence-electron chi connectivity index (χ0n) is 10.5. The summed E-state index contributed by atoms with van der Waals surface area (Å²) in [7, 11) is 0. The van der Waals surface area contributed by atoms with E-state index in [4.69, 9.17) is 4.74 Å². The van der Waals surface area contributed by atoms with Gasteiger partial charge in [0.1, 0.15) is 0 Å². The molecular formula is C14H20O2S. The van der Waals surface area contributed by atoms with Gasteiger partial charge in [0, 0.05) is 17.9 Å². The van der Waals surface area contributed by atoms with Crippen molar-refractivity contribution < 1.29 is 9.84 Å². The fraction of sp³-hybridized carbons (Fsp3) is 0.571. The van der Waals surface area contributed by atoms with Gasteiger partial charge in [0.05, 0.1) is 18.8 Å². The van der Waals surface area contributed by atoms with E-state index in [1.165, 1.54) is 16.7 Å². The highest BCUT2D eigenvalue weighted by Gasteiger charge is 2.23. The fourth-order valence-electron chi connectivity index (χ4n) is 2.11. The van der Waals surface area contributed by atoms with Crippen LogP contribution in [0.2, 0.25) is 0 Å². The van der Waals surface area contributed by atoms with Gasteiger partial charge in [-0.05, 0) is 25.0 Å². The zero-order chi connectivity index (χ0) is 12.3. The van der Waals surface area contributed by atoms with Gasteiger partial charge in [0.15, 0.2) is 0 Å². The molecule has 2 atom stereocenters. The predicted octanol–water partition coefficient (Wildman–Crippen LogP) is 2.34. The highest BCUT2D eigenvalue weighted by atomic mass is 32.2. The van der Waals surface area contributed by atoms with E-state index in [0.29, 0.717) is 6.42 Å². The third kappa shape index (κ3) is 3.47. The lowest BCUT2D eigenvalue weighted by atomic mass is 9.98. The Balaban J connectivity index is 2.01. The van der Waals surface area contributed by atoms with Crippen molar-refractivity contribution in [2.75, 3.05) is 18.1 Å². The van der Waals surface area contributed by atoms with E-state index >= 15 is 0 Å². The lowest BCUT2D eigenvalue weighted by molar-refractivity contribution is -0.0208. The van der Waals surface area contributed by atoms with Gasteiger partial charge in [0.2, 0.25) is 0 Å².